The fourth-order valence-electron chi connectivity index (χ4n) is 1.89. The topological polar surface area (TPSA) is 93.5 Å². The number of carboxylic acids is 1. The van der Waals surface area contributed by atoms with Crippen molar-refractivity contribution >= 4 is 12.1 Å². The molecule has 2 N–H and O–H groups in total. The lowest BCUT2D eigenvalue weighted by Crippen LogP contribution is -2.38. The molecule has 0 fully saturated rings. The number of aromatic nitrogens is 2. The second kappa shape index (κ2) is 5.52. The van der Waals surface area contributed by atoms with Gasteiger partial charge in [-0.3, -0.25) is 4.68 Å². The highest BCUT2D eigenvalue weighted by molar-refractivity contribution is 5.82. The van der Waals surface area contributed by atoms with Crippen LogP contribution in [0.3, 0.4) is 0 Å². The van der Waals surface area contributed by atoms with E-state index < -0.39 is 23.7 Å². The largest absolute Gasteiger partial charge is 0.479 e. The molecule has 1 unspecified atom stereocenters. The number of carboxylic acid groups (broad SMARTS) is 1. The minimum absolute atomic E-state index is 0.478. The Morgan fingerprint density at radius 2 is 1.90 bits per heavy atom. The second-order valence-electron chi connectivity index (χ2n) is 5.63. The predicted octanol–water partition coefficient (Wildman–Crippen LogP) is 1.69. The zero-order valence-corrected chi connectivity index (χ0v) is 12.6. The summed E-state index contributed by atoms with van der Waals surface area (Å²) >= 11 is 0. The monoisotopic (exact) mass is 283 g/mol. The molecule has 0 spiro atoms. The van der Waals surface area contributed by atoms with Crippen LogP contribution in [0.2, 0.25) is 0 Å². The van der Waals surface area contributed by atoms with Crippen molar-refractivity contribution < 1.29 is 19.4 Å². The highest BCUT2D eigenvalue weighted by Gasteiger charge is 2.29. The molecule has 0 aliphatic heterocycles. The Hall–Kier alpha value is -2.05. The van der Waals surface area contributed by atoms with E-state index in [0.717, 1.165) is 0 Å². The van der Waals surface area contributed by atoms with Gasteiger partial charge >= 0.3 is 12.1 Å². The van der Waals surface area contributed by atoms with Crippen LogP contribution < -0.4 is 5.32 Å². The molecule has 1 aromatic rings. The third kappa shape index (κ3) is 3.72. The van der Waals surface area contributed by atoms with Gasteiger partial charge in [0, 0.05) is 18.3 Å². The molecular formula is C13H21N3O4. The summed E-state index contributed by atoms with van der Waals surface area (Å²) in [5.41, 5.74) is 1.04. The van der Waals surface area contributed by atoms with E-state index >= 15 is 0 Å². The van der Waals surface area contributed by atoms with Gasteiger partial charge in [-0.1, -0.05) is 0 Å². The van der Waals surface area contributed by atoms with Crippen LogP contribution in [0.5, 0.6) is 0 Å². The Bertz CT molecular complexity index is 528. The second-order valence-corrected chi connectivity index (χ2v) is 5.63. The summed E-state index contributed by atoms with van der Waals surface area (Å²) in [5, 5.41) is 15.9. The molecule has 0 saturated heterocycles. The predicted molar refractivity (Wildman–Crippen MR) is 72.4 cm³/mol. The summed E-state index contributed by atoms with van der Waals surface area (Å²) in [5.74, 6) is -1.16. The van der Waals surface area contributed by atoms with Crippen LogP contribution in [0.4, 0.5) is 4.79 Å². The molecule has 0 aliphatic rings. The molecule has 1 amide bonds. The Morgan fingerprint density at radius 3 is 2.25 bits per heavy atom. The van der Waals surface area contributed by atoms with Gasteiger partial charge in [-0.15, -0.1) is 0 Å². The van der Waals surface area contributed by atoms with E-state index in [9.17, 15) is 14.7 Å². The van der Waals surface area contributed by atoms with Crippen molar-refractivity contribution in [2.75, 3.05) is 0 Å². The lowest BCUT2D eigenvalue weighted by Gasteiger charge is -2.22. The zero-order chi connectivity index (χ0) is 15.7. The summed E-state index contributed by atoms with van der Waals surface area (Å²) in [7, 11) is 1.72. The first-order valence-corrected chi connectivity index (χ1v) is 6.25. The molecule has 0 aliphatic carbocycles. The minimum atomic E-state index is -1.18. The molecule has 1 atom stereocenters. The van der Waals surface area contributed by atoms with E-state index in [1.807, 2.05) is 0 Å². The quantitative estimate of drug-likeness (QED) is 0.880. The molecule has 20 heavy (non-hydrogen) atoms. The standard InChI is InChI=1S/C13H21N3O4/c1-7-9(8(2)16(6)15-7)10(11(17)18)14-12(19)20-13(3,4)5/h10H,1-6H3,(H,14,19)(H,17,18). The number of carbonyl (C=O) groups excluding carboxylic acids is 1. The van der Waals surface area contributed by atoms with Crippen molar-refractivity contribution in [1.82, 2.24) is 15.1 Å². The van der Waals surface area contributed by atoms with E-state index in [0.29, 0.717) is 17.0 Å². The van der Waals surface area contributed by atoms with Gasteiger partial charge in [0.25, 0.3) is 0 Å². The van der Waals surface area contributed by atoms with Crippen molar-refractivity contribution in [3.8, 4) is 0 Å². The number of hydrogen-bond donors (Lipinski definition) is 2. The van der Waals surface area contributed by atoms with Gasteiger partial charge in [-0.05, 0) is 34.6 Å². The third-order valence-electron chi connectivity index (χ3n) is 2.76. The first kappa shape index (κ1) is 16.0. The number of hydrogen-bond acceptors (Lipinski definition) is 4. The Labute approximate surface area is 117 Å². The molecular weight excluding hydrogens is 262 g/mol. The van der Waals surface area contributed by atoms with E-state index in [1.54, 1.807) is 46.3 Å². The smallest absolute Gasteiger partial charge is 0.408 e. The maximum atomic E-state index is 11.8. The van der Waals surface area contributed by atoms with Crippen LogP contribution in [-0.2, 0) is 16.6 Å². The molecule has 0 bridgehead atoms. The first-order chi connectivity index (χ1) is 9.03. The molecule has 7 nitrogen and oxygen atoms in total. The van der Waals surface area contributed by atoms with Crippen LogP contribution in [0.25, 0.3) is 0 Å². The summed E-state index contributed by atoms with van der Waals surface area (Å²) in [6, 6.07) is -1.18. The Kier molecular flexibility index (Phi) is 4.42. The molecule has 1 aromatic heterocycles. The molecule has 1 rings (SSSR count). The lowest BCUT2D eigenvalue weighted by atomic mass is 10.1. The molecule has 0 radical (unpaired) electrons. The van der Waals surface area contributed by atoms with Crippen molar-refractivity contribution in [1.29, 1.82) is 0 Å². The highest BCUT2D eigenvalue weighted by Crippen LogP contribution is 2.22. The van der Waals surface area contributed by atoms with Crippen LogP contribution in [0.15, 0.2) is 0 Å². The molecule has 0 aromatic carbocycles. The normalized spacial score (nSPS) is 12.9. The number of amides is 1. The highest BCUT2D eigenvalue weighted by atomic mass is 16.6. The summed E-state index contributed by atoms with van der Waals surface area (Å²) in [6.07, 6.45) is -0.771. The van der Waals surface area contributed by atoms with E-state index in [4.69, 9.17) is 4.74 Å². The Balaban J connectivity index is 3.02. The lowest BCUT2D eigenvalue weighted by molar-refractivity contribution is -0.139. The number of alkyl carbamates (subject to hydrolysis) is 1. The van der Waals surface area contributed by atoms with E-state index in [1.165, 1.54) is 0 Å². The van der Waals surface area contributed by atoms with Gasteiger partial charge in [0.05, 0.1) is 5.69 Å². The maximum Gasteiger partial charge on any atom is 0.408 e. The number of nitrogens with zero attached hydrogens (tertiary/aromatic N) is 2. The van der Waals surface area contributed by atoms with E-state index in [-0.39, 0.29) is 0 Å². The summed E-state index contributed by atoms with van der Waals surface area (Å²) in [4.78, 5) is 23.2. The van der Waals surface area contributed by atoms with Gasteiger partial charge in [0.15, 0.2) is 6.04 Å². The SMILES string of the molecule is Cc1nn(C)c(C)c1C(NC(=O)OC(C)(C)C)C(=O)O. The van der Waals surface area contributed by atoms with Gasteiger partial charge in [0.1, 0.15) is 5.60 Å². The van der Waals surface area contributed by atoms with Gasteiger partial charge in [0.2, 0.25) is 0 Å². The average Bonchev–Trinajstić information content (AvgIpc) is 2.47. The van der Waals surface area contributed by atoms with Gasteiger partial charge in [-0.2, -0.15) is 5.10 Å². The zero-order valence-electron chi connectivity index (χ0n) is 12.6. The van der Waals surface area contributed by atoms with Crippen LogP contribution in [0.1, 0.15) is 43.8 Å². The number of ether oxygens (including phenoxy) is 1. The molecule has 1 heterocycles. The molecule has 112 valence electrons. The fraction of sp³-hybridized carbons (Fsp3) is 0.615. The fourth-order valence-corrected chi connectivity index (χ4v) is 1.89. The van der Waals surface area contributed by atoms with Crippen LogP contribution >= 0.6 is 0 Å². The van der Waals surface area contributed by atoms with Crippen molar-refractivity contribution in [3.63, 3.8) is 0 Å². The van der Waals surface area contributed by atoms with Crippen molar-refractivity contribution in [2.45, 2.75) is 46.3 Å². The Morgan fingerprint density at radius 1 is 1.35 bits per heavy atom. The number of carbonyl (C=O) groups is 2. The first-order valence-electron chi connectivity index (χ1n) is 6.25. The number of nitrogens with one attached hydrogen (secondary N) is 1. The number of aliphatic carboxylic acids is 1. The maximum absolute atomic E-state index is 11.8. The average molecular weight is 283 g/mol. The van der Waals surface area contributed by atoms with Gasteiger partial charge in [-0.25, -0.2) is 9.59 Å². The van der Waals surface area contributed by atoms with E-state index in [2.05, 4.69) is 10.4 Å². The van der Waals surface area contributed by atoms with Crippen molar-refractivity contribution in [3.05, 3.63) is 17.0 Å². The minimum Gasteiger partial charge on any atom is -0.479 e. The van der Waals surface area contributed by atoms with Crippen molar-refractivity contribution in [2.24, 2.45) is 7.05 Å². The van der Waals surface area contributed by atoms with Gasteiger partial charge < -0.3 is 15.2 Å². The number of rotatable bonds is 3. The number of aryl methyl sites for hydroxylation is 2. The van der Waals surface area contributed by atoms with Crippen LogP contribution in [-0.4, -0.2) is 32.6 Å². The summed E-state index contributed by atoms with van der Waals surface area (Å²) < 4.78 is 6.67. The molecule has 0 saturated carbocycles. The third-order valence-corrected chi connectivity index (χ3v) is 2.76. The summed E-state index contributed by atoms with van der Waals surface area (Å²) in [6.45, 7) is 8.59. The molecule has 7 heteroatoms. The van der Waals surface area contributed by atoms with Crippen LogP contribution in [0, 0.1) is 13.8 Å².